The van der Waals surface area contributed by atoms with E-state index < -0.39 is 12.0 Å². The molecule has 5 rings (SSSR count). The fourth-order valence-corrected chi connectivity index (χ4v) is 6.05. The van der Waals surface area contributed by atoms with E-state index in [1.165, 1.54) is 29.2 Å². The molecule has 0 spiro atoms. The number of esters is 1. The fourth-order valence-electron chi connectivity index (χ4n) is 4.87. The number of carbonyl (C=O) groups excluding carboxylic acids is 1. The lowest BCUT2D eigenvalue weighted by Crippen LogP contribution is -2.39. The summed E-state index contributed by atoms with van der Waals surface area (Å²) < 4.78 is 30.3. The minimum absolute atomic E-state index is 0.213. The van der Waals surface area contributed by atoms with Gasteiger partial charge in [0.2, 0.25) is 0 Å². The molecule has 1 aromatic heterocycles. The smallest absolute Gasteiger partial charge is 0.337 e. The van der Waals surface area contributed by atoms with Crippen LogP contribution in [0, 0.1) is 0 Å². The van der Waals surface area contributed by atoms with E-state index in [-0.39, 0.29) is 17.7 Å². The summed E-state index contributed by atoms with van der Waals surface area (Å²) in [5, 5.41) is 0.606. The van der Waals surface area contributed by atoms with E-state index in [1.54, 1.807) is 43.5 Å². The first-order chi connectivity index (χ1) is 21.4. The minimum atomic E-state index is -0.806. The van der Waals surface area contributed by atoms with Crippen LogP contribution in [0.4, 0.5) is 0 Å². The third kappa shape index (κ3) is 6.36. The van der Waals surface area contributed by atoms with Crippen LogP contribution in [0.1, 0.15) is 36.6 Å². The van der Waals surface area contributed by atoms with E-state index in [1.807, 2.05) is 44.2 Å². The van der Waals surface area contributed by atoms with E-state index in [0.717, 1.165) is 5.56 Å². The summed E-state index contributed by atoms with van der Waals surface area (Å²) in [6, 6.07) is 17.4. The number of methoxy groups -OCH3 is 2. The Hall–Kier alpha value is -4.54. The Morgan fingerprint density at radius 1 is 0.977 bits per heavy atom. The highest BCUT2D eigenvalue weighted by molar-refractivity contribution is 7.07. The number of para-hydroxylation sites is 1. The first-order valence-electron chi connectivity index (χ1n) is 13.9. The highest BCUT2D eigenvalue weighted by Gasteiger charge is 2.31. The zero-order chi connectivity index (χ0) is 31.2. The summed E-state index contributed by atoms with van der Waals surface area (Å²) >= 11 is 7.36. The van der Waals surface area contributed by atoms with Gasteiger partial charge in [0.1, 0.15) is 6.61 Å². The maximum Gasteiger partial charge on any atom is 0.337 e. The lowest BCUT2D eigenvalue weighted by atomic mass is 9.97. The number of hydrogen-bond acceptors (Lipinski definition) is 9. The first kappa shape index (κ1) is 30.9. The van der Waals surface area contributed by atoms with E-state index >= 15 is 0 Å². The molecule has 0 amide bonds. The molecular formula is C33H31ClN2O7S. The van der Waals surface area contributed by atoms with Gasteiger partial charge in [-0.1, -0.05) is 53.3 Å². The Bertz CT molecular complexity index is 1900. The minimum Gasteiger partial charge on any atom is -0.493 e. The summed E-state index contributed by atoms with van der Waals surface area (Å²) in [4.78, 5) is 31.9. The van der Waals surface area contributed by atoms with E-state index in [0.29, 0.717) is 61.7 Å². The Balaban J connectivity index is 1.62. The van der Waals surface area contributed by atoms with E-state index in [9.17, 15) is 9.59 Å². The summed E-state index contributed by atoms with van der Waals surface area (Å²) in [7, 11) is 2.85. The van der Waals surface area contributed by atoms with Crippen LogP contribution in [0.2, 0.25) is 5.02 Å². The highest BCUT2D eigenvalue weighted by atomic mass is 35.5. The van der Waals surface area contributed by atoms with Gasteiger partial charge >= 0.3 is 5.97 Å². The first-order valence-corrected chi connectivity index (χ1v) is 15.1. The lowest BCUT2D eigenvalue weighted by molar-refractivity contribution is -0.136. The van der Waals surface area contributed by atoms with Crippen LogP contribution in [-0.2, 0) is 16.1 Å². The Morgan fingerprint density at radius 2 is 1.75 bits per heavy atom. The van der Waals surface area contributed by atoms with Gasteiger partial charge in [0.25, 0.3) is 5.56 Å². The second kappa shape index (κ2) is 13.8. The van der Waals surface area contributed by atoms with Crippen LogP contribution in [0.15, 0.2) is 82.2 Å². The highest BCUT2D eigenvalue weighted by Crippen LogP contribution is 2.35. The molecule has 11 heteroatoms. The van der Waals surface area contributed by atoms with Crippen LogP contribution in [0.5, 0.6) is 23.0 Å². The molecule has 1 atom stereocenters. The number of aromatic nitrogens is 1. The molecule has 3 aromatic carbocycles. The predicted molar refractivity (Wildman–Crippen MR) is 169 cm³/mol. The zero-order valence-electron chi connectivity index (χ0n) is 24.7. The molecule has 0 radical (unpaired) electrons. The third-order valence-corrected chi connectivity index (χ3v) is 8.03. The molecule has 1 aliphatic heterocycles. The largest absolute Gasteiger partial charge is 0.493 e. The van der Waals surface area contributed by atoms with E-state index in [4.69, 9.17) is 35.3 Å². The average Bonchev–Trinajstić information content (AvgIpc) is 3.35. The van der Waals surface area contributed by atoms with Gasteiger partial charge in [-0.3, -0.25) is 9.36 Å². The maximum atomic E-state index is 14.1. The number of carbonyl (C=O) groups is 1. The van der Waals surface area contributed by atoms with Crippen LogP contribution >= 0.6 is 22.9 Å². The van der Waals surface area contributed by atoms with Gasteiger partial charge in [-0.2, -0.15) is 0 Å². The van der Waals surface area contributed by atoms with Gasteiger partial charge in [0.15, 0.2) is 27.8 Å². The van der Waals surface area contributed by atoms with Crippen LogP contribution in [0.3, 0.4) is 0 Å². The number of halogens is 1. The third-order valence-electron chi connectivity index (χ3n) is 6.80. The van der Waals surface area contributed by atoms with E-state index in [2.05, 4.69) is 4.99 Å². The number of fused-ring (bicyclic) bond motifs is 1. The van der Waals surface area contributed by atoms with Crippen LogP contribution < -0.4 is 33.8 Å². The van der Waals surface area contributed by atoms with Crippen molar-refractivity contribution in [2.75, 3.05) is 27.4 Å². The molecule has 0 saturated carbocycles. The molecule has 0 saturated heterocycles. The monoisotopic (exact) mass is 634 g/mol. The number of thiazole rings is 1. The normalized spacial score (nSPS) is 14.2. The van der Waals surface area contributed by atoms with Crippen LogP contribution in [-0.4, -0.2) is 38.0 Å². The number of hydrogen-bond donors (Lipinski definition) is 0. The average molecular weight is 635 g/mol. The Morgan fingerprint density at radius 3 is 2.48 bits per heavy atom. The second-order valence-corrected chi connectivity index (χ2v) is 11.0. The maximum absolute atomic E-state index is 14.1. The van der Waals surface area contributed by atoms with Crippen molar-refractivity contribution in [1.82, 2.24) is 4.57 Å². The topological polar surface area (TPSA) is 97.6 Å². The summed E-state index contributed by atoms with van der Waals surface area (Å²) in [6.45, 7) is 4.86. The van der Waals surface area contributed by atoms with Crippen molar-refractivity contribution < 1.29 is 28.5 Å². The molecule has 9 nitrogen and oxygen atoms in total. The summed E-state index contributed by atoms with van der Waals surface area (Å²) in [5.74, 6) is 1.47. The van der Waals surface area contributed by atoms with Crippen molar-refractivity contribution in [1.29, 1.82) is 0 Å². The van der Waals surface area contributed by atoms with Gasteiger partial charge in [0, 0.05) is 16.8 Å². The quantitative estimate of drug-likeness (QED) is 0.213. The van der Waals surface area contributed by atoms with Gasteiger partial charge in [-0.05, 0) is 61.4 Å². The molecule has 0 unspecified atom stereocenters. The standard InChI is InChI=1S/C33H31ClN2O7S/c1-5-41-25-14-13-21(16-27(25)42-6-2)29-24(32(38)40-4)18-35-33-36(29)31(37)28(44-33)17-22-10-8-12-26(39-3)30(22)43-19-20-9-7-11-23(34)15-20/h7-18,29H,5-6,19H2,1-4H3/b28-17+/t29-/m1/s1. The van der Waals surface area contributed by atoms with Gasteiger partial charge in [0.05, 0.1) is 43.6 Å². The van der Waals surface area contributed by atoms with Crippen molar-refractivity contribution >= 4 is 35.0 Å². The van der Waals surface area contributed by atoms with Crippen molar-refractivity contribution in [2.24, 2.45) is 4.99 Å². The second-order valence-electron chi connectivity index (χ2n) is 9.55. The van der Waals surface area contributed by atoms with Crippen molar-refractivity contribution in [3.05, 3.63) is 114 Å². The van der Waals surface area contributed by atoms with Gasteiger partial charge in [-0.25, -0.2) is 9.79 Å². The van der Waals surface area contributed by atoms with Crippen molar-refractivity contribution in [3.63, 3.8) is 0 Å². The summed E-state index contributed by atoms with van der Waals surface area (Å²) in [5.41, 5.74) is 2.04. The molecule has 0 N–H and O–H groups in total. The predicted octanol–water partition coefficient (Wildman–Crippen LogP) is 5.06. The lowest BCUT2D eigenvalue weighted by Gasteiger charge is -2.23. The molecule has 4 aromatic rings. The fraction of sp³-hybridized carbons (Fsp3) is 0.242. The zero-order valence-corrected chi connectivity index (χ0v) is 26.2. The number of rotatable bonds is 11. The molecule has 44 heavy (non-hydrogen) atoms. The SMILES string of the molecule is CCOc1ccc([C@@H]2C(C(=O)OC)=CN=c3s/c(=C/c4cccc(OC)c4OCc4cccc(Cl)c4)c(=O)n32)cc1OCC. The number of benzene rings is 3. The Kier molecular flexibility index (Phi) is 9.72. The summed E-state index contributed by atoms with van der Waals surface area (Å²) in [6.07, 6.45) is 3.19. The Labute approximate surface area is 263 Å². The number of ether oxygens (including phenoxy) is 5. The molecule has 0 aliphatic carbocycles. The molecule has 2 heterocycles. The molecule has 228 valence electrons. The van der Waals surface area contributed by atoms with Crippen LogP contribution in [0.25, 0.3) is 6.08 Å². The van der Waals surface area contributed by atoms with Gasteiger partial charge in [-0.15, -0.1) is 0 Å². The molecular weight excluding hydrogens is 604 g/mol. The molecule has 0 bridgehead atoms. The van der Waals surface area contributed by atoms with Crippen molar-refractivity contribution in [2.45, 2.75) is 26.5 Å². The molecule has 1 aliphatic rings. The molecule has 0 fully saturated rings. The van der Waals surface area contributed by atoms with Crippen molar-refractivity contribution in [3.8, 4) is 23.0 Å². The number of nitrogens with zero attached hydrogens (tertiary/aromatic N) is 2. The van der Waals surface area contributed by atoms with Gasteiger partial charge < -0.3 is 23.7 Å².